The normalized spacial score (nSPS) is 22.7. The van der Waals surface area contributed by atoms with Crippen LogP contribution >= 0.6 is 11.6 Å². The number of hydrogen-bond acceptors (Lipinski definition) is 5. The first kappa shape index (κ1) is 30.0. The van der Waals surface area contributed by atoms with Crippen LogP contribution in [0.2, 0.25) is 5.02 Å². The summed E-state index contributed by atoms with van der Waals surface area (Å²) in [5.74, 6) is -2.39. The Morgan fingerprint density at radius 1 is 1.10 bits per heavy atom. The van der Waals surface area contributed by atoms with E-state index in [4.69, 9.17) is 11.6 Å². The molecule has 0 atom stereocenters. The zero-order valence-corrected chi connectivity index (χ0v) is 23.6. The highest BCUT2D eigenvalue weighted by atomic mass is 35.5. The van der Waals surface area contributed by atoms with Crippen LogP contribution in [-0.2, 0) is 11.0 Å². The number of carbonyl (C=O) groups excluding carboxylic acids is 2. The number of halogens is 4. The molecule has 2 aliphatic rings. The molecule has 218 valence electrons. The Morgan fingerprint density at radius 2 is 1.73 bits per heavy atom. The second kappa shape index (κ2) is 11.1. The van der Waals surface area contributed by atoms with E-state index in [1.807, 2.05) is 6.92 Å². The number of nitrogens with zero attached hydrogens (tertiary/aromatic N) is 4. The predicted molar refractivity (Wildman–Crippen MR) is 141 cm³/mol. The van der Waals surface area contributed by atoms with Crippen LogP contribution in [0.15, 0.2) is 18.6 Å². The van der Waals surface area contributed by atoms with E-state index < -0.39 is 53.1 Å². The van der Waals surface area contributed by atoms with Crippen LogP contribution in [0.3, 0.4) is 0 Å². The number of aromatic nitrogens is 3. The fraction of sp³-hybridized carbons (Fsp3) is 0.607. The van der Waals surface area contributed by atoms with Crippen molar-refractivity contribution in [2.75, 3.05) is 13.1 Å². The molecular weight excluding hydrogens is 549 g/mol. The van der Waals surface area contributed by atoms with Crippen molar-refractivity contribution in [1.82, 2.24) is 19.7 Å². The number of aryl methyl sites for hydroxylation is 1. The fourth-order valence-corrected chi connectivity index (χ4v) is 6.44. The average Bonchev–Trinajstić information content (AvgIpc) is 3.50. The number of rotatable bonds is 8. The standard InChI is InChI=1S/C28H34ClF3N4O4/c1-17-12-33-14-20(29)22(17)21(37)15-35(16-26(2)8-4-5-9-26)24(38)19-13-34-36(23(19)28(30,31)32)18-6-10-27(3,11-7-18)25(39)40/h12-14,18H,4-11,15-16H2,1-3H3,(H,39,40). The molecule has 0 saturated heterocycles. The number of ketones is 1. The van der Waals surface area contributed by atoms with E-state index in [-0.39, 0.29) is 48.2 Å². The summed E-state index contributed by atoms with van der Waals surface area (Å²) in [6.45, 7) is 4.89. The number of carboxylic acids is 1. The maximum Gasteiger partial charge on any atom is 0.433 e. The summed E-state index contributed by atoms with van der Waals surface area (Å²) in [6.07, 6.45) is 3.01. The summed E-state index contributed by atoms with van der Waals surface area (Å²) in [6, 6.07) is -0.702. The van der Waals surface area contributed by atoms with E-state index in [9.17, 15) is 32.7 Å². The molecule has 0 spiro atoms. The maximum absolute atomic E-state index is 14.5. The van der Waals surface area contributed by atoms with Crippen molar-refractivity contribution in [3.8, 4) is 0 Å². The quantitative estimate of drug-likeness (QED) is 0.363. The lowest BCUT2D eigenvalue weighted by Gasteiger charge is -2.35. The van der Waals surface area contributed by atoms with Crippen LogP contribution in [0.5, 0.6) is 0 Å². The largest absolute Gasteiger partial charge is 0.481 e. The van der Waals surface area contributed by atoms with Crippen molar-refractivity contribution in [3.63, 3.8) is 0 Å². The third-order valence-corrected chi connectivity index (χ3v) is 8.87. The molecule has 2 fully saturated rings. The third kappa shape index (κ3) is 6.04. The Bertz CT molecular complexity index is 1270. The molecule has 0 unspecified atom stereocenters. The molecule has 1 N–H and O–H groups in total. The van der Waals surface area contributed by atoms with E-state index in [0.29, 0.717) is 5.56 Å². The molecule has 40 heavy (non-hydrogen) atoms. The molecule has 2 heterocycles. The van der Waals surface area contributed by atoms with Gasteiger partial charge in [-0.2, -0.15) is 18.3 Å². The van der Waals surface area contributed by atoms with Gasteiger partial charge < -0.3 is 10.0 Å². The number of hydrogen-bond donors (Lipinski definition) is 1. The Hall–Kier alpha value is -2.95. The van der Waals surface area contributed by atoms with Crippen LogP contribution in [0.1, 0.15) is 103 Å². The lowest BCUT2D eigenvalue weighted by atomic mass is 9.74. The summed E-state index contributed by atoms with van der Waals surface area (Å²) >= 11 is 6.23. The molecular formula is C28H34ClF3N4O4. The highest BCUT2D eigenvalue weighted by Crippen LogP contribution is 2.44. The second-order valence-electron chi connectivity index (χ2n) is 11.9. The van der Waals surface area contributed by atoms with Gasteiger partial charge in [-0.15, -0.1) is 0 Å². The SMILES string of the molecule is Cc1cncc(Cl)c1C(=O)CN(CC1(C)CCCC1)C(=O)c1cnn(C2CCC(C)(C(=O)O)CC2)c1C(F)(F)F. The summed E-state index contributed by atoms with van der Waals surface area (Å²) < 4.78 is 44.3. The molecule has 12 heteroatoms. The van der Waals surface area contributed by atoms with Gasteiger partial charge >= 0.3 is 12.1 Å². The molecule has 0 radical (unpaired) electrons. The van der Waals surface area contributed by atoms with Gasteiger partial charge in [0, 0.05) is 24.5 Å². The first-order valence-corrected chi connectivity index (χ1v) is 13.8. The van der Waals surface area contributed by atoms with Gasteiger partial charge in [0.1, 0.15) is 0 Å². The Labute approximate surface area is 235 Å². The number of amides is 1. The van der Waals surface area contributed by atoms with Gasteiger partial charge in [-0.05, 0) is 63.4 Å². The minimum atomic E-state index is -4.90. The highest BCUT2D eigenvalue weighted by Gasteiger charge is 2.45. The van der Waals surface area contributed by atoms with Gasteiger partial charge in [-0.1, -0.05) is 31.4 Å². The molecule has 8 nitrogen and oxygen atoms in total. The van der Waals surface area contributed by atoms with Crippen molar-refractivity contribution in [2.24, 2.45) is 10.8 Å². The highest BCUT2D eigenvalue weighted by molar-refractivity contribution is 6.34. The van der Waals surface area contributed by atoms with Crippen LogP contribution in [0, 0.1) is 17.8 Å². The van der Waals surface area contributed by atoms with Crippen molar-refractivity contribution in [3.05, 3.63) is 46.0 Å². The van der Waals surface area contributed by atoms with Gasteiger partial charge in [0.2, 0.25) is 0 Å². The molecule has 0 aromatic carbocycles. The first-order valence-electron chi connectivity index (χ1n) is 13.5. The van der Waals surface area contributed by atoms with Gasteiger partial charge in [0.15, 0.2) is 11.5 Å². The van der Waals surface area contributed by atoms with Gasteiger partial charge in [-0.25, -0.2) is 0 Å². The number of Topliss-reactive ketones (excluding diaryl/α,β-unsaturated/α-hetero) is 1. The number of pyridine rings is 1. The summed E-state index contributed by atoms with van der Waals surface area (Å²) in [5, 5.41) is 13.6. The van der Waals surface area contributed by atoms with Crippen LogP contribution < -0.4 is 0 Å². The Balaban J connectivity index is 1.69. The Morgan fingerprint density at radius 3 is 2.27 bits per heavy atom. The van der Waals surface area contributed by atoms with Gasteiger partial charge in [0.25, 0.3) is 5.91 Å². The lowest BCUT2D eigenvalue weighted by molar-refractivity contribution is -0.152. The molecule has 1 amide bonds. The van der Waals surface area contributed by atoms with Crippen molar-refractivity contribution >= 4 is 29.3 Å². The molecule has 4 rings (SSSR count). The molecule has 0 aliphatic heterocycles. The van der Waals surface area contributed by atoms with E-state index in [0.717, 1.165) is 36.6 Å². The minimum Gasteiger partial charge on any atom is -0.481 e. The average molecular weight is 583 g/mol. The summed E-state index contributed by atoms with van der Waals surface area (Å²) in [4.78, 5) is 44.0. The number of aliphatic carboxylic acids is 1. The van der Waals surface area contributed by atoms with E-state index in [1.54, 1.807) is 13.8 Å². The zero-order valence-electron chi connectivity index (χ0n) is 22.9. The van der Waals surface area contributed by atoms with Gasteiger partial charge in [0.05, 0.1) is 34.8 Å². The third-order valence-electron chi connectivity index (χ3n) is 8.59. The topological polar surface area (TPSA) is 105 Å². The molecule has 2 saturated carbocycles. The minimum absolute atomic E-state index is 0.110. The Kier molecular flexibility index (Phi) is 8.36. The van der Waals surface area contributed by atoms with Crippen LogP contribution in [0.4, 0.5) is 13.2 Å². The summed E-state index contributed by atoms with van der Waals surface area (Å²) in [5.41, 5.74) is -2.46. The van der Waals surface area contributed by atoms with Gasteiger partial charge in [-0.3, -0.25) is 24.0 Å². The van der Waals surface area contributed by atoms with Crippen molar-refractivity contribution in [1.29, 1.82) is 0 Å². The second-order valence-corrected chi connectivity index (χ2v) is 12.3. The molecule has 2 aromatic heterocycles. The smallest absolute Gasteiger partial charge is 0.433 e. The zero-order chi connectivity index (χ0) is 29.5. The van der Waals surface area contributed by atoms with Crippen molar-refractivity contribution < 1.29 is 32.7 Å². The van der Waals surface area contributed by atoms with E-state index >= 15 is 0 Å². The fourth-order valence-electron chi connectivity index (χ4n) is 6.13. The van der Waals surface area contributed by atoms with Crippen molar-refractivity contribution in [2.45, 2.75) is 84.4 Å². The molecule has 0 bridgehead atoms. The monoisotopic (exact) mass is 582 g/mol. The summed E-state index contributed by atoms with van der Waals surface area (Å²) in [7, 11) is 0. The predicted octanol–water partition coefficient (Wildman–Crippen LogP) is 6.37. The molecule has 2 aliphatic carbocycles. The van der Waals surface area contributed by atoms with E-state index in [1.165, 1.54) is 17.3 Å². The number of carboxylic acid groups (broad SMARTS) is 1. The number of alkyl halides is 3. The molecule has 2 aromatic rings. The maximum atomic E-state index is 14.5. The van der Waals surface area contributed by atoms with Crippen LogP contribution in [-0.4, -0.2) is 55.5 Å². The number of carbonyl (C=O) groups is 3. The first-order chi connectivity index (χ1) is 18.7. The lowest BCUT2D eigenvalue weighted by Crippen LogP contribution is -2.43. The van der Waals surface area contributed by atoms with Crippen LogP contribution in [0.25, 0.3) is 0 Å². The van der Waals surface area contributed by atoms with E-state index in [2.05, 4.69) is 10.1 Å².